The van der Waals surface area contributed by atoms with Gasteiger partial charge in [-0.25, -0.2) is 4.98 Å². The molecule has 0 N–H and O–H groups in total. The van der Waals surface area contributed by atoms with Gasteiger partial charge in [0.15, 0.2) is 5.58 Å². The minimum atomic E-state index is 0.657. The summed E-state index contributed by atoms with van der Waals surface area (Å²) < 4.78 is 10.5. The molecule has 0 spiro atoms. The molecular weight excluding hydrogens is 234 g/mol. The van der Waals surface area contributed by atoms with E-state index in [-0.39, 0.29) is 0 Å². The maximum Gasteiger partial charge on any atom is 0.256 e. The van der Waals surface area contributed by atoms with E-state index < -0.39 is 0 Å². The molecule has 0 radical (unpaired) electrons. The van der Waals surface area contributed by atoms with Crippen LogP contribution >= 0.6 is 23.4 Å². The van der Waals surface area contributed by atoms with Crippen LogP contribution in [0.15, 0.2) is 27.8 Å². The first-order valence-corrected chi connectivity index (χ1v) is 5.84. The van der Waals surface area contributed by atoms with Crippen molar-refractivity contribution >= 4 is 34.5 Å². The number of ether oxygens (including phenoxy) is 1. The highest BCUT2D eigenvalue weighted by Crippen LogP contribution is 2.25. The van der Waals surface area contributed by atoms with Crippen molar-refractivity contribution in [3.63, 3.8) is 0 Å². The molecule has 2 rings (SSSR count). The molecule has 0 unspecified atom stereocenters. The summed E-state index contributed by atoms with van der Waals surface area (Å²) >= 11 is 7.38. The van der Waals surface area contributed by atoms with Crippen LogP contribution in [0, 0.1) is 0 Å². The van der Waals surface area contributed by atoms with Crippen LogP contribution in [0.2, 0.25) is 5.02 Å². The number of hydrogen-bond donors (Lipinski definition) is 0. The van der Waals surface area contributed by atoms with E-state index >= 15 is 0 Å². The van der Waals surface area contributed by atoms with Crippen LogP contribution in [-0.2, 0) is 4.74 Å². The molecular formula is C10H10ClNO2S. The lowest BCUT2D eigenvalue weighted by Crippen LogP contribution is -1.90. The summed E-state index contributed by atoms with van der Waals surface area (Å²) in [7, 11) is 1.67. The van der Waals surface area contributed by atoms with E-state index in [1.165, 1.54) is 11.8 Å². The average molecular weight is 244 g/mol. The van der Waals surface area contributed by atoms with Crippen LogP contribution in [0.4, 0.5) is 0 Å². The highest BCUT2D eigenvalue weighted by molar-refractivity contribution is 7.99. The lowest BCUT2D eigenvalue weighted by Gasteiger charge is -1.93. The summed E-state index contributed by atoms with van der Waals surface area (Å²) in [6.45, 7) is 0.685. The molecule has 1 aromatic carbocycles. The van der Waals surface area contributed by atoms with Crippen molar-refractivity contribution in [3.8, 4) is 0 Å². The Labute approximate surface area is 96.8 Å². The average Bonchev–Trinajstić information content (AvgIpc) is 2.60. The molecule has 0 aliphatic rings. The first-order valence-electron chi connectivity index (χ1n) is 4.47. The lowest BCUT2D eigenvalue weighted by molar-refractivity contribution is 0.218. The first kappa shape index (κ1) is 10.8. The number of oxazole rings is 1. The van der Waals surface area contributed by atoms with Crippen molar-refractivity contribution in [1.82, 2.24) is 4.98 Å². The normalized spacial score (nSPS) is 11.1. The topological polar surface area (TPSA) is 35.3 Å². The quantitative estimate of drug-likeness (QED) is 0.610. The molecule has 0 amide bonds. The second kappa shape index (κ2) is 4.88. The number of methoxy groups -OCH3 is 1. The van der Waals surface area contributed by atoms with Gasteiger partial charge in [0, 0.05) is 17.9 Å². The number of benzene rings is 1. The Morgan fingerprint density at radius 1 is 1.53 bits per heavy atom. The van der Waals surface area contributed by atoms with Crippen LogP contribution in [-0.4, -0.2) is 24.5 Å². The number of fused-ring (bicyclic) bond motifs is 1. The Morgan fingerprint density at radius 2 is 2.40 bits per heavy atom. The second-order valence-corrected chi connectivity index (χ2v) is 4.42. The molecule has 80 valence electrons. The Bertz CT molecular complexity index is 458. The standard InChI is InChI=1S/C10H10ClNO2S/c1-13-4-5-15-10-12-8-6-7(11)2-3-9(8)14-10/h2-3,6H,4-5H2,1H3. The third-order valence-electron chi connectivity index (χ3n) is 1.84. The van der Waals surface area contributed by atoms with Gasteiger partial charge in [0.1, 0.15) is 5.52 Å². The molecule has 2 aromatic rings. The van der Waals surface area contributed by atoms with Crippen molar-refractivity contribution in [2.75, 3.05) is 19.5 Å². The molecule has 1 heterocycles. The van der Waals surface area contributed by atoms with Crippen molar-refractivity contribution in [2.24, 2.45) is 0 Å². The van der Waals surface area contributed by atoms with E-state index in [0.29, 0.717) is 16.9 Å². The van der Waals surface area contributed by atoms with Crippen LogP contribution in [0.25, 0.3) is 11.1 Å². The maximum absolute atomic E-state index is 5.85. The molecule has 5 heteroatoms. The number of thioether (sulfide) groups is 1. The van der Waals surface area contributed by atoms with Gasteiger partial charge in [0.05, 0.1) is 6.61 Å². The van der Waals surface area contributed by atoms with Crippen LogP contribution in [0.1, 0.15) is 0 Å². The van der Waals surface area contributed by atoms with Gasteiger partial charge in [-0.15, -0.1) is 0 Å². The summed E-state index contributed by atoms with van der Waals surface area (Å²) in [5.41, 5.74) is 1.56. The smallest absolute Gasteiger partial charge is 0.256 e. The highest BCUT2D eigenvalue weighted by Gasteiger charge is 2.06. The van der Waals surface area contributed by atoms with Crippen molar-refractivity contribution < 1.29 is 9.15 Å². The van der Waals surface area contributed by atoms with Crippen LogP contribution in [0.5, 0.6) is 0 Å². The zero-order valence-corrected chi connectivity index (χ0v) is 9.77. The van der Waals surface area contributed by atoms with E-state index in [4.69, 9.17) is 20.8 Å². The first-order chi connectivity index (χ1) is 7.29. The van der Waals surface area contributed by atoms with Gasteiger partial charge < -0.3 is 9.15 Å². The summed E-state index contributed by atoms with van der Waals surface area (Å²) in [4.78, 5) is 4.30. The minimum Gasteiger partial charge on any atom is -0.431 e. The molecule has 0 saturated heterocycles. The van der Waals surface area contributed by atoms with Crippen molar-refractivity contribution in [1.29, 1.82) is 0 Å². The van der Waals surface area contributed by atoms with E-state index in [2.05, 4.69) is 4.98 Å². The van der Waals surface area contributed by atoms with Crippen LogP contribution in [0.3, 0.4) is 0 Å². The maximum atomic E-state index is 5.85. The number of aromatic nitrogens is 1. The van der Waals surface area contributed by atoms with Gasteiger partial charge >= 0.3 is 0 Å². The molecule has 1 aromatic heterocycles. The molecule has 3 nitrogen and oxygen atoms in total. The number of hydrogen-bond acceptors (Lipinski definition) is 4. The SMILES string of the molecule is COCCSc1nc2cc(Cl)ccc2o1. The van der Waals surface area contributed by atoms with Gasteiger partial charge in [0.25, 0.3) is 5.22 Å². The van der Waals surface area contributed by atoms with Gasteiger partial charge in [-0.3, -0.25) is 0 Å². The van der Waals surface area contributed by atoms with E-state index in [9.17, 15) is 0 Å². The minimum absolute atomic E-state index is 0.657. The summed E-state index contributed by atoms with van der Waals surface area (Å²) in [6.07, 6.45) is 0. The van der Waals surface area contributed by atoms with E-state index in [1.54, 1.807) is 19.2 Å². The Hall–Kier alpha value is -0.710. The van der Waals surface area contributed by atoms with E-state index in [1.807, 2.05) is 6.07 Å². The number of halogens is 1. The molecule has 15 heavy (non-hydrogen) atoms. The second-order valence-electron chi connectivity index (χ2n) is 2.93. The van der Waals surface area contributed by atoms with Gasteiger partial charge in [-0.2, -0.15) is 0 Å². The summed E-state index contributed by atoms with van der Waals surface area (Å²) in [5.74, 6) is 0.830. The molecule has 0 aliphatic heterocycles. The monoisotopic (exact) mass is 243 g/mol. The van der Waals surface area contributed by atoms with E-state index in [0.717, 1.165) is 16.9 Å². The zero-order valence-electron chi connectivity index (χ0n) is 8.20. The molecule has 0 bridgehead atoms. The van der Waals surface area contributed by atoms with Gasteiger partial charge in [-0.05, 0) is 18.2 Å². The fourth-order valence-electron chi connectivity index (χ4n) is 1.15. The fourth-order valence-corrected chi connectivity index (χ4v) is 2.06. The lowest BCUT2D eigenvalue weighted by atomic mass is 10.3. The zero-order chi connectivity index (χ0) is 10.7. The molecule has 0 atom stereocenters. The molecule has 0 fully saturated rings. The Balaban J connectivity index is 2.16. The third kappa shape index (κ3) is 2.65. The summed E-state index contributed by atoms with van der Waals surface area (Å²) in [6, 6.07) is 5.41. The predicted molar refractivity (Wildman–Crippen MR) is 61.6 cm³/mol. The van der Waals surface area contributed by atoms with Crippen molar-refractivity contribution in [2.45, 2.75) is 5.22 Å². The third-order valence-corrected chi connectivity index (χ3v) is 2.87. The number of rotatable bonds is 4. The molecule has 0 aliphatic carbocycles. The Kier molecular flexibility index (Phi) is 3.51. The largest absolute Gasteiger partial charge is 0.431 e. The van der Waals surface area contributed by atoms with Crippen molar-refractivity contribution in [3.05, 3.63) is 23.2 Å². The van der Waals surface area contributed by atoms with Gasteiger partial charge in [-0.1, -0.05) is 23.4 Å². The predicted octanol–water partition coefficient (Wildman–Crippen LogP) is 3.22. The Morgan fingerprint density at radius 3 is 3.20 bits per heavy atom. The molecule has 0 saturated carbocycles. The number of nitrogens with zero attached hydrogens (tertiary/aromatic N) is 1. The summed E-state index contributed by atoms with van der Waals surface area (Å²) in [5, 5.41) is 1.33. The highest BCUT2D eigenvalue weighted by atomic mass is 35.5. The van der Waals surface area contributed by atoms with Gasteiger partial charge in [0.2, 0.25) is 0 Å². The van der Waals surface area contributed by atoms with Crippen LogP contribution < -0.4 is 0 Å². The fraction of sp³-hybridized carbons (Fsp3) is 0.300.